The Morgan fingerprint density at radius 2 is 1.84 bits per heavy atom. The van der Waals surface area contributed by atoms with Gasteiger partial charge in [0.2, 0.25) is 0 Å². The predicted octanol–water partition coefficient (Wildman–Crippen LogP) is 4.68. The maximum absolute atomic E-state index is 13.2. The van der Waals surface area contributed by atoms with Crippen LogP contribution in [0.15, 0.2) is 54.6 Å². The standard InChI is InChI=1S/C24H23FN4O2S/c1-16-21-14-22(32-24(21)29(27-16)15-17-2-4-18(25)5-3-17)23(30)26-19-6-8-20(9-7-19)28-10-12-31-13-11-28/h2-9,14H,10-13,15H2,1H3,(H,26,30). The van der Waals surface area contributed by atoms with Crippen molar-refractivity contribution in [3.05, 3.63) is 76.5 Å². The molecule has 4 aromatic rings. The third kappa shape index (κ3) is 4.24. The largest absolute Gasteiger partial charge is 0.378 e. The molecule has 2 aromatic heterocycles. The molecule has 1 aliphatic heterocycles. The molecular formula is C24H23FN4O2S. The van der Waals surface area contributed by atoms with Crippen molar-refractivity contribution < 1.29 is 13.9 Å². The van der Waals surface area contributed by atoms with E-state index in [1.165, 1.54) is 23.5 Å². The minimum Gasteiger partial charge on any atom is -0.378 e. The van der Waals surface area contributed by atoms with Gasteiger partial charge in [-0.1, -0.05) is 12.1 Å². The molecule has 2 aromatic carbocycles. The molecule has 6 nitrogen and oxygen atoms in total. The molecule has 0 aliphatic carbocycles. The highest BCUT2D eigenvalue weighted by Crippen LogP contribution is 2.30. The van der Waals surface area contributed by atoms with Crippen LogP contribution < -0.4 is 10.2 Å². The first-order valence-corrected chi connectivity index (χ1v) is 11.3. The summed E-state index contributed by atoms with van der Waals surface area (Å²) < 4.78 is 20.5. The molecule has 0 radical (unpaired) electrons. The Bertz CT molecular complexity index is 1240. The Morgan fingerprint density at radius 3 is 2.56 bits per heavy atom. The van der Waals surface area contributed by atoms with Crippen LogP contribution in [-0.4, -0.2) is 42.0 Å². The lowest BCUT2D eigenvalue weighted by Crippen LogP contribution is -2.36. The molecule has 0 spiro atoms. The van der Waals surface area contributed by atoms with Gasteiger partial charge in [-0.25, -0.2) is 4.39 Å². The maximum Gasteiger partial charge on any atom is 0.265 e. The lowest BCUT2D eigenvalue weighted by atomic mass is 10.2. The number of hydrogen-bond acceptors (Lipinski definition) is 5. The van der Waals surface area contributed by atoms with Crippen LogP contribution >= 0.6 is 11.3 Å². The molecule has 1 amide bonds. The van der Waals surface area contributed by atoms with Crippen LogP contribution in [0, 0.1) is 12.7 Å². The van der Waals surface area contributed by atoms with Crippen molar-refractivity contribution in [3.8, 4) is 0 Å². The highest BCUT2D eigenvalue weighted by atomic mass is 32.1. The summed E-state index contributed by atoms with van der Waals surface area (Å²) in [6, 6.07) is 16.2. The van der Waals surface area contributed by atoms with E-state index >= 15 is 0 Å². The first kappa shape index (κ1) is 20.7. The van der Waals surface area contributed by atoms with Crippen LogP contribution in [0.1, 0.15) is 20.9 Å². The number of nitrogens with zero attached hydrogens (tertiary/aromatic N) is 3. The van der Waals surface area contributed by atoms with Gasteiger partial charge in [0.05, 0.1) is 30.3 Å². The fourth-order valence-corrected chi connectivity index (χ4v) is 4.92. The zero-order valence-electron chi connectivity index (χ0n) is 17.7. The highest BCUT2D eigenvalue weighted by molar-refractivity contribution is 7.20. The Labute approximate surface area is 189 Å². The van der Waals surface area contributed by atoms with Gasteiger partial charge in [0, 0.05) is 29.9 Å². The minimum atomic E-state index is -0.261. The van der Waals surface area contributed by atoms with Gasteiger partial charge < -0.3 is 15.0 Å². The Balaban J connectivity index is 1.32. The Morgan fingerprint density at radius 1 is 1.12 bits per heavy atom. The summed E-state index contributed by atoms with van der Waals surface area (Å²) in [7, 11) is 0. The number of morpholine rings is 1. The third-order valence-corrected chi connectivity index (χ3v) is 6.73. The minimum absolute atomic E-state index is 0.141. The van der Waals surface area contributed by atoms with E-state index < -0.39 is 0 Å². The van der Waals surface area contributed by atoms with E-state index in [4.69, 9.17) is 4.74 Å². The number of thiophene rings is 1. The zero-order valence-corrected chi connectivity index (χ0v) is 18.5. The van der Waals surface area contributed by atoms with E-state index in [1.807, 2.05) is 41.9 Å². The molecule has 0 saturated carbocycles. The fourth-order valence-electron chi connectivity index (χ4n) is 3.86. The number of ether oxygens (including phenoxy) is 1. The van der Waals surface area contributed by atoms with Gasteiger partial charge in [-0.05, 0) is 55.0 Å². The van der Waals surface area contributed by atoms with Gasteiger partial charge in [0.25, 0.3) is 5.91 Å². The molecule has 8 heteroatoms. The number of hydrogen-bond donors (Lipinski definition) is 1. The summed E-state index contributed by atoms with van der Waals surface area (Å²) in [5.41, 5.74) is 3.71. The van der Waals surface area contributed by atoms with Gasteiger partial charge in [-0.3, -0.25) is 9.48 Å². The number of halogens is 1. The van der Waals surface area contributed by atoms with E-state index in [-0.39, 0.29) is 11.7 Å². The van der Waals surface area contributed by atoms with Gasteiger partial charge in [-0.15, -0.1) is 11.3 Å². The molecule has 164 valence electrons. The van der Waals surface area contributed by atoms with Crippen LogP contribution in [0.2, 0.25) is 0 Å². The second kappa shape index (κ2) is 8.72. The molecule has 1 fully saturated rings. The number of amides is 1. The highest BCUT2D eigenvalue weighted by Gasteiger charge is 2.17. The van der Waals surface area contributed by atoms with Crippen molar-refractivity contribution in [2.24, 2.45) is 0 Å². The number of fused-ring (bicyclic) bond motifs is 1. The molecule has 3 heterocycles. The summed E-state index contributed by atoms with van der Waals surface area (Å²) in [5.74, 6) is -0.401. The number of carbonyl (C=O) groups excluding carboxylic acids is 1. The van der Waals surface area contributed by atoms with Gasteiger partial charge in [0.15, 0.2) is 0 Å². The molecule has 0 bridgehead atoms. The second-order valence-electron chi connectivity index (χ2n) is 7.80. The number of rotatable bonds is 5. The van der Waals surface area contributed by atoms with Gasteiger partial charge >= 0.3 is 0 Å². The van der Waals surface area contributed by atoms with Gasteiger partial charge in [0.1, 0.15) is 10.6 Å². The summed E-state index contributed by atoms with van der Waals surface area (Å²) in [6.45, 7) is 5.69. The van der Waals surface area contributed by atoms with E-state index in [0.717, 1.165) is 59.2 Å². The summed E-state index contributed by atoms with van der Waals surface area (Å²) in [5, 5.41) is 8.55. The molecular weight excluding hydrogens is 427 g/mol. The van der Waals surface area contributed by atoms with Crippen LogP contribution in [0.5, 0.6) is 0 Å². The predicted molar refractivity (Wildman–Crippen MR) is 125 cm³/mol. The van der Waals surface area contributed by atoms with Crippen molar-refractivity contribution in [2.75, 3.05) is 36.5 Å². The SMILES string of the molecule is Cc1nn(Cc2ccc(F)cc2)c2sc(C(=O)Nc3ccc(N4CCOCC4)cc3)cc12. The van der Waals surface area contributed by atoms with Crippen molar-refractivity contribution in [1.29, 1.82) is 0 Å². The van der Waals surface area contributed by atoms with E-state index in [1.54, 1.807) is 12.1 Å². The number of aryl methyl sites for hydroxylation is 1. The van der Waals surface area contributed by atoms with Gasteiger partial charge in [-0.2, -0.15) is 5.10 Å². The molecule has 32 heavy (non-hydrogen) atoms. The smallest absolute Gasteiger partial charge is 0.265 e. The number of carbonyl (C=O) groups is 1. The fraction of sp³-hybridized carbons (Fsp3) is 0.250. The third-order valence-electron chi connectivity index (χ3n) is 5.58. The summed E-state index contributed by atoms with van der Waals surface area (Å²) >= 11 is 1.41. The van der Waals surface area contributed by atoms with Crippen LogP contribution in [0.4, 0.5) is 15.8 Å². The van der Waals surface area contributed by atoms with Crippen molar-refractivity contribution >= 4 is 38.8 Å². The summed E-state index contributed by atoms with van der Waals surface area (Å²) in [6.07, 6.45) is 0. The van der Waals surface area contributed by atoms with Crippen LogP contribution in [0.3, 0.4) is 0 Å². The number of anilines is 2. The normalized spacial score (nSPS) is 14.1. The molecule has 0 atom stereocenters. The first-order valence-electron chi connectivity index (χ1n) is 10.5. The lowest BCUT2D eigenvalue weighted by Gasteiger charge is -2.28. The van der Waals surface area contributed by atoms with Crippen LogP contribution in [0.25, 0.3) is 10.2 Å². The topological polar surface area (TPSA) is 59.4 Å². The Hall–Kier alpha value is -3.23. The van der Waals surface area contributed by atoms with Crippen LogP contribution in [-0.2, 0) is 11.3 Å². The first-order chi connectivity index (χ1) is 15.6. The maximum atomic E-state index is 13.2. The molecule has 1 aliphatic rings. The molecule has 1 saturated heterocycles. The summed E-state index contributed by atoms with van der Waals surface area (Å²) in [4.78, 5) is 16.7. The van der Waals surface area contributed by atoms with Crippen molar-refractivity contribution in [2.45, 2.75) is 13.5 Å². The number of benzene rings is 2. The Kier molecular flexibility index (Phi) is 5.63. The monoisotopic (exact) mass is 450 g/mol. The average Bonchev–Trinajstić information content (AvgIpc) is 3.38. The molecule has 5 rings (SSSR count). The van der Waals surface area contributed by atoms with Crippen molar-refractivity contribution in [1.82, 2.24) is 9.78 Å². The van der Waals surface area contributed by atoms with Crippen molar-refractivity contribution in [3.63, 3.8) is 0 Å². The van der Waals surface area contributed by atoms with E-state index in [0.29, 0.717) is 11.4 Å². The number of aromatic nitrogens is 2. The average molecular weight is 451 g/mol. The van der Waals surface area contributed by atoms with E-state index in [9.17, 15) is 9.18 Å². The van der Waals surface area contributed by atoms with E-state index in [2.05, 4.69) is 15.3 Å². The quantitative estimate of drug-likeness (QED) is 0.480. The lowest BCUT2D eigenvalue weighted by molar-refractivity contribution is 0.103. The molecule has 1 N–H and O–H groups in total. The number of nitrogens with one attached hydrogen (secondary N) is 1. The molecule has 0 unspecified atom stereocenters. The second-order valence-corrected chi connectivity index (χ2v) is 8.83. The zero-order chi connectivity index (χ0) is 22.1.